The number of benzene rings is 2. The SMILES string of the molecule is COc1ccc(Cn2cc(-c3ccc(CN(C)C)cc3CO)cn2)cc1. The van der Waals surface area contributed by atoms with E-state index < -0.39 is 0 Å². The Labute approximate surface area is 154 Å². The van der Waals surface area contributed by atoms with E-state index in [9.17, 15) is 5.11 Å². The Bertz CT molecular complexity index is 854. The van der Waals surface area contributed by atoms with E-state index in [1.165, 1.54) is 5.56 Å². The highest BCUT2D eigenvalue weighted by atomic mass is 16.5. The highest BCUT2D eigenvalue weighted by Gasteiger charge is 2.09. The number of methoxy groups -OCH3 is 1. The second-order valence-electron chi connectivity index (χ2n) is 6.66. The second kappa shape index (κ2) is 8.17. The fraction of sp³-hybridized carbons (Fsp3) is 0.286. The zero-order valence-corrected chi connectivity index (χ0v) is 15.5. The van der Waals surface area contributed by atoms with Gasteiger partial charge in [0.05, 0.1) is 26.5 Å². The molecule has 0 amide bonds. The van der Waals surface area contributed by atoms with Crippen LogP contribution in [-0.2, 0) is 19.7 Å². The van der Waals surface area contributed by atoms with E-state index in [2.05, 4.69) is 28.2 Å². The summed E-state index contributed by atoms with van der Waals surface area (Å²) in [7, 11) is 5.74. The molecule has 0 radical (unpaired) electrons. The monoisotopic (exact) mass is 351 g/mol. The van der Waals surface area contributed by atoms with Crippen LogP contribution < -0.4 is 4.74 Å². The van der Waals surface area contributed by atoms with Crippen LogP contribution in [0.1, 0.15) is 16.7 Å². The van der Waals surface area contributed by atoms with Gasteiger partial charge in [-0.05, 0) is 48.5 Å². The lowest BCUT2D eigenvalue weighted by Gasteiger charge is -2.12. The van der Waals surface area contributed by atoms with E-state index in [1.807, 2.05) is 55.4 Å². The summed E-state index contributed by atoms with van der Waals surface area (Å²) < 4.78 is 7.10. The van der Waals surface area contributed by atoms with Crippen LogP contribution in [0.15, 0.2) is 54.9 Å². The smallest absolute Gasteiger partial charge is 0.118 e. The minimum atomic E-state index is 0.0141. The minimum Gasteiger partial charge on any atom is -0.497 e. The van der Waals surface area contributed by atoms with Crippen LogP contribution in [0.5, 0.6) is 5.75 Å². The molecule has 0 atom stereocenters. The molecule has 1 aromatic heterocycles. The maximum absolute atomic E-state index is 9.78. The van der Waals surface area contributed by atoms with E-state index in [0.29, 0.717) is 6.54 Å². The van der Waals surface area contributed by atoms with Crippen LogP contribution in [0.25, 0.3) is 11.1 Å². The van der Waals surface area contributed by atoms with Crippen molar-refractivity contribution in [3.63, 3.8) is 0 Å². The Morgan fingerprint density at radius 2 is 1.81 bits per heavy atom. The van der Waals surface area contributed by atoms with Crippen molar-refractivity contribution >= 4 is 0 Å². The third-order valence-corrected chi connectivity index (χ3v) is 4.29. The number of aliphatic hydroxyl groups is 1. The Kier molecular flexibility index (Phi) is 5.71. The molecule has 3 aromatic rings. The minimum absolute atomic E-state index is 0.0141. The molecular formula is C21H25N3O2. The van der Waals surface area contributed by atoms with Gasteiger partial charge >= 0.3 is 0 Å². The summed E-state index contributed by atoms with van der Waals surface area (Å²) in [6, 6.07) is 14.2. The van der Waals surface area contributed by atoms with Gasteiger partial charge in [0, 0.05) is 18.3 Å². The van der Waals surface area contributed by atoms with E-state index in [4.69, 9.17) is 4.74 Å². The molecule has 5 nitrogen and oxygen atoms in total. The van der Waals surface area contributed by atoms with Gasteiger partial charge in [0.25, 0.3) is 0 Å². The third kappa shape index (κ3) is 4.31. The van der Waals surface area contributed by atoms with E-state index in [1.54, 1.807) is 7.11 Å². The molecule has 136 valence electrons. The molecule has 0 saturated heterocycles. The third-order valence-electron chi connectivity index (χ3n) is 4.29. The molecule has 5 heteroatoms. The zero-order chi connectivity index (χ0) is 18.5. The Morgan fingerprint density at radius 3 is 2.46 bits per heavy atom. The van der Waals surface area contributed by atoms with Gasteiger partial charge in [0.15, 0.2) is 0 Å². The summed E-state index contributed by atoms with van der Waals surface area (Å²) in [5, 5.41) is 14.2. The van der Waals surface area contributed by atoms with Crippen LogP contribution in [-0.4, -0.2) is 41.0 Å². The van der Waals surface area contributed by atoms with Crippen molar-refractivity contribution in [3.05, 3.63) is 71.5 Å². The lowest BCUT2D eigenvalue weighted by atomic mass is 10.00. The van der Waals surface area contributed by atoms with Crippen LogP contribution in [0, 0.1) is 0 Å². The van der Waals surface area contributed by atoms with Crippen molar-refractivity contribution in [1.82, 2.24) is 14.7 Å². The summed E-state index contributed by atoms with van der Waals surface area (Å²) in [4.78, 5) is 2.11. The molecule has 0 aliphatic heterocycles. The molecule has 0 saturated carbocycles. The predicted molar refractivity (Wildman–Crippen MR) is 103 cm³/mol. The molecule has 26 heavy (non-hydrogen) atoms. The van der Waals surface area contributed by atoms with Crippen molar-refractivity contribution in [2.75, 3.05) is 21.2 Å². The Morgan fingerprint density at radius 1 is 1.08 bits per heavy atom. The lowest BCUT2D eigenvalue weighted by molar-refractivity contribution is 0.282. The largest absolute Gasteiger partial charge is 0.497 e. The summed E-state index contributed by atoms with van der Waals surface area (Å²) in [6.07, 6.45) is 3.87. The topological polar surface area (TPSA) is 50.5 Å². The summed E-state index contributed by atoms with van der Waals surface area (Å²) in [5.41, 5.74) is 5.31. The summed E-state index contributed by atoms with van der Waals surface area (Å²) >= 11 is 0. The quantitative estimate of drug-likeness (QED) is 0.710. The van der Waals surface area contributed by atoms with Gasteiger partial charge in [-0.1, -0.05) is 30.3 Å². The number of rotatable bonds is 7. The summed E-state index contributed by atoms with van der Waals surface area (Å²) in [5.74, 6) is 0.848. The summed E-state index contributed by atoms with van der Waals surface area (Å²) in [6.45, 7) is 1.56. The molecule has 0 fully saturated rings. The van der Waals surface area contributed by atoms with Crippen molar-refractivity contribution in [2.45, 2.75) is 19.7 Å². The number of hydrogen-bond donors (Lipinski definition) is 1. The van der Waals surface area contributed by atoms with E-state index in [-0.39, 0.29) is 6.61 Å². The molecule has 2 aromatic carbocycles. The first-order valence-corrected chi connectivity index (χ1v) is 8.62. The van der Waals surface area contributed by atoms with Crippen LogP contribution in [0.3, 0.4) is 0 Å². The standard InChI is InChI=1S/C21H25N3O2/c1-23(2)12-17-6-9-21(18(10-17)15-25)19-11-22-24(14-19)13-16-4-7-20(26-3)8-5-16/h4-11,14,25H,12-13,15H2,1-3H3. The van der Waals surface area contributed by atoms with Crippen molar-refractivity contribution in [1.29, 1.82) is 0 Å². The van der Waals surface area contributed by atoms with E-state index >= 15 is 0 Å². The van der Waals surface area contributed by atoms with Gasteiger partial charge in [-0.25, -0.2) is 0 Å². The zero-order valence-electron chi connectivity index (χ0n) is 15.5. The molecular weight excluding hydrogens is 326 g/mol. The number of ether oxygens (including phenoxy) is 1. The van der Waals surface area contributed by atoms with Crippen molar-refractivity contribution in [2.24, 2.45) is 0 Å². The number of nitrogens with zero attached hydrogens (tertiary/aromatic N) is 3. The van der Waals surface area contributed by atoms with Crippen LogP contribution in [0.2, 0.25) is 0 Å². The first kappa shape index (κ1) is 18.2. The van der Waals surface area contributed by atoms with Gasteiger partial charge in [0.1, 0.15) is 5.75 Å². The average molecular weight is 351 g/mol. The average Bonchev–Trinajstić information content (AvgIpc) is 3.10. The van der Waals surface area contributed by atoms with E-state index in [0.717, 1.165) is 34.5 Å². The van der Waals surface area contributed by atoms with Crippen molar-refractivity contribution < 1.29 is 9.84 Å². The molecule has 1 N–H and O–H groups in total. The van der Waals surface area contributed by atoms with Crippen LogP contribution >= 0.6 is 0 Å². The first-order valence-electron chi connectivity index (χ1n) is 8.62. The van der Waals surface area contributed by atoms with Gasteiger partial charge in [-0.15, -0.1) is 0 Å². The van der Waals surface area contributed by atoms with Gasteiger partial charge in [0.2, 0.25) is 0 Å². The number of aliphatic hydroxyl groups excluding tert-OH is 1. The second-order valence-corrected chi connectivity index (χ2v) is 6.66. The van der Waals surface area contributed by atoms with Crippen LogP contribution in [0.4, 0.5) is 0 Å². The van der Waals surface area contributed by atoms with Gasteiger partial charge in [-0.3, -0.25) is 4.68 Å². The molecule has 3 rings (SSSR count). The fourth-order valence-corrected chi connectivity index (χ4v) is 3.03. The van der Waals surface area contributed by atoms with Gasteiger partial charge < -0.3 is 14.7 Å². The van der Waals surface area contributed by atoms with Gasteiger partial charge in [-0.2, -0.15) is 5.10 Å². The molecule has 1 heterocycles. The lowest BCUT2D eigenvalue weighted by Crippen LogP contribution is -2.10. The Hall–Kier alpha value is -2.63. The maximum atomic E-state index is 9.78. The highest BCUT2D eigenvalue weighted by Crippen LogP contribution is 2.25. The molecule has 0 aliphatic rings. The Balaban J connectivity index is 1.80. The molecule has 0 unspecified atom stereocenters. The molecule has 0 aliphatic carbocycles. The van der Waals surface area contributed by atoms with Crippen molar-refractivity contribution in [3.8, 4) is 16.9 Å². The maximum Gasteiger partial charge on any atom is 0.118 e. The normalized spacial score (nSPS) is 11.1. The molecule has 0 bridgehead atoms. The highest BCUT2D eigenvalue weighted by molar-refractivity contribution is 5.66. The molecule has 0 spiro atoms. The fourth-order valence-electron chi connectivity index (χ4n) is 3.03. The predicted octanol–water partition coefficient (Wildman–Crippen LogP) is 3.16. The first-order chi connectivity index (χ1) is 12.6. The number of hydrogen-bond acceptors (Lipinski definition) is 4. The number of aromatic nitrogens is 2.